The average molecular weight is 256 g/mol. The summed E-state index contributed by atoms with van der Waals surface area (Å²) < 4.78 is 1.38. The van der Waals surface area contributed by atoms with Crippen LogP contribution in [0.15, 0.2) is 18.3 Å². The van der Waals surface area contributed by atoms with Gasteiger partial charge in [-0.15, -0.1) is 0 Å². The summed E-state index contributed by atoms with van der Waals surface area (Å²) in [6.07, 6.45) is 1.59. The van der Waals surface area contributed by atoms with Crippen LogP contribution in [-0.2, 0) is 0 Å². The highest BCUT2D eigenvalue weighted by Gasteiger charge is 2.13. The lowest BCUT2D eigenvalue weighted by molar-refractivity contribution is 0.0821. The number of amides is 1. The number of nitrogens with zero attached hydrogens (tertiary/aromatic N) is 6. The molecule has 0 aliphatic heterocycles. The lowest BCUT2D eigenvalue weighted by Crippen LogP contribution is -2.22. The van der Waals surface area contributed by atoms with Gasteiger partial charge in [0.25, 0.3) is 11.9 Å². The SMILES string of the molecule is Cc1cc(C#N)nc(-n2ccc(C(=O)N(C)C)n2)n1. The maximum atomic E-state index is 11.7. The maximum Gasteiger partial charge on any atom is 0.273 e. The van der Waals surface area contributed by atoms with Gasteiger partial charge in [0.05, 0.1) is 0 Å². The number of carbonyl (C=O) groups is 1. The fourth-order valence-corrected chi connectivity index (χ4v) is 1.49. The highest BCUT2D eigenvalue weighted by Crippen LogP contribution is 2.06. The van der Waals surface area contributed by atoms with Crippen LogP contribution in [0.2, 0.25) is 0 Å². The van der Waals surface area contributed by atoms with Gasteiger partial charge in [-0.2, -0.15) is 10.4 Å². The van der Waals surface area contributed by atoms with Crippen molar-refractivity contribution in [3.8, 4) is 12.0 Å². The van der Waals surface area contributed by atoms with Gasteiger partial charge in [-0.3, -0.25) is 4.79 Å². The molecule has 0 aromatic carbocycles. The van der Waals surface area contributed by atoms with Crippen LogP contribution in [0.3, 0.4) is 0 Å². The van der Waals surface area contributed by atoms with E-state index in [1.54, 1.807) is 39.3 Å². The van der Waals surface area contributed by atoms with E-state index in [2.05, 4.69) is 15.1 Å². The Morgan fingerprint density at radius 3 is 2.79 bits per heavy atom. The van der Waals surface area contributed by atoms with Gasteiger partial charge in [-0.25, -0.2) is 14.6 Å². The minimum atomic E-state index is -0.202. The van der Waals surface area contributed by atoms with Crippen molar-refractivity contribution in [3.05, 3.63) is 35.4 Å². The maximum absolute atomic E-state index is 11.7. The predicted molar refractivity (Wildman–Crippen MR) is 66.6 cm³/mol. The Balaban J connectivity index is 2.41. The molecule has 0 atom stereocenters. The summed E-state index contributed by atoms with van der Waals surface area (Å²) in [6, 6.07) is 5.12. The van der Waals surface area contributed by atoms with Gasteiger partial charge in [0.2, 0.25) is 0 Å². The van der Waals surface area contributed by atoms with Gasteiger partial charge in [0, 0.05) is 26.0 Å². The minimum absolute atomic E-state index is 0.202. The van der Waals surface area contributed by atoms with Crippen LogP contribution in [0, 0.1) is 18.3 Å². The van der Waals surface area contributed by atoms with Crippen molar-refractivity contribution < 1.29 is 4.79 Å². The zero-order valence-electron chi connectivity index (χ0n) is 10.8. The predicted octanol–water partition coefficient (Wildman–Crippen LogP) is 0.544. The van der Waals surface area contributed by atoms with Crippen LogP contribution < -0.4 is 0 Å². The summed E-state index contributed by atoms with van der Waals surface area (Å²) in [7, 11) is 3.30. The summed E-state index contributed by atoms with van der Waals surface area (Å²) in [5, 5.41) is 13.0. The third-order valence-electron chi connectivity index (χ3n) is 2.38. The minimum Gasteiger partial charge on any atom is -0.343 e. The van der Waals surface area contributed by atoms with E-state index in [4.69, 9.17) is 5.26 Å². The van der Waals surface area contributed by atoms with E-state index in [0.29, 0.717) is 11.4 Å². The van der Waals surface area contributed by atoms with Crippen LogP contribution in [0.4, 0.5) is 0 Å². The fraction of sp³-hybridized carbons (Fsp3) is 0.250. The quantitative estimate of drug-likeness (QED) is 0.782. The summed E-state index contributed by atoms with van der Waals surface area (Å²) in [5.74, 6) is 0.0706. The van der Waals surface area contributed by atoms with Crippen molar-refractivity contribution in [1.82, 2.24) is 24.6 Å². The van der Waals surface area contributed by atoms with E-state index in [-0.39, 0.29) is 17.5 Å². The molecule has 0 unspecified atom stereocenters. The van der Waals surface area contributed by atoms with Crippen molar-refractivity contribution in [2.75, 3.05) is 14.1 Å². The lowest BCUT2D eigenvalue weighted by atomic mass is 10.3. The molecule has 2 aromatic heterocycles. The smallest absolute Gasteiger partial charge is 0.273 e. The van der Waals surface area contributed by atoms with Crippen molar-refractivity contribution in [2.24, 2.45) is 0 Å². The van der Waals surface area contributed by atoms with Gasteiger partial charge in [0.15, 0.2) is 5.69 Å². The molecule has 19 heavy (non-hydrogen) atoms. The first-order valence-corrected chi connectivity index (χ1v) is 5.54. The monoisotopic (exact) mass is 256 g/mol. The van der Waals surface area contributed by atoms with E-state index in [9.17, 15) is 4.79 Å². The number of nitriles is 1. The number of hydrogen-bond donors (Lipinski definition) is 0. The van der Waals surface area contributed by atoms with Gasteiger partial charge in [-0.1, -0.05) is 0 Å². The molecule has 0 fully saturated rings. The third-order valence-corrected chi connectivity index (χ3v) is 2.38. The molecule has 0 aliphatic carbocycles. The molecule has 96 valence electrons. The first-order chi connectivity index (χ1) is 9.01. The van der Waals surface area contributed by atoms with E-state index in [1.807, 2.05) is 6.07 Å². The molecular weight excluding hydrogens is 244 g/mol. The Bertz CT molecular complexity index is 667. The van der Waals surface area contributed by atoms with Crippen molar-refractivity contribution in [2.45, 2.75) is 6.92 Å². The normalized spacial score (nSPS) is 10.0. The highest BCUT2D eigenvalue weighted by atomic mass is 16.2. The lowest BCUT2D eigenvalue weighted by Gasteiger charge is -2.06. The molecule has 0 saturated heterocycles. The Morgan fingerprint density at radius 1 is 1.42 bits per heavy atom. The molecule has 2 aromatic rings. The van der Waals surface area contributed by atoms with Crippen molar-refractivity contribution >= 4 is 5.91 Å². The fourth-order valence-electron chi connectivity index (χ4n) is 1.49. The van der Waals surface area contributed by atoms with Crippen LogP contribution in [-0.4, -0.2) is 44.7 Å². The largest absolute Gasteiger partial charge is 0.343 e. The molecule has 2 rings (SSSR count). The summed E-state index contributed by atoms with van der Waals surface area (Å²) in [5.41, 5.74) is 1.23. The molecule has 0 spiro atoms. The molecule has 2 heterocycles. The van der Waals surface area contributed by atoms with Crippen molar-refractivity contribution in [3.63, 3.8) is 0 Å². The zero-order chi connectivity index (χ0) is 14.0. The second-order valence-electron chi connectivity index (χ2n) is 4.15. The first-order valence-electron chi connectivity index (χ1n) is 5.54. The molecule has 0 saturated carbocycles. The number of aromatic nitrogens is 4. The Hall–Kier alpha value is -2.75. The van der Waals surface area contributed by atoms with Crippen LogP contribution in [0.25, 0.3) is 5.95 Å². The van der Waals surface area contributed by atoms with E-state index in [1.165, 1.54) is 9.58 Å². The van der Waals surface area contributed by atoms with Gasteiger partial charge in [-0.05, 0) is 19.1 Å². The Kier molecular flexibility index (Phi) is 3.25. The summed E-state index contributed by atoms with van der Waals surface area (Å²) in [4.78, 5) is 21.4. The van der Waals surface area contributed by atoms with Crippen molar-refractivity contribution in [1.29, 1.82) is 5.26 Å². The average Bonchev–Trinajstić information content (AvgIpc) is 2.86. The third kappa shape index (κ3) is 2.57. The number of carbonyl (C=O) groups excluding carboxylic acids is 1. The molecule has 0 radical (unpaired) electrons. The molecule has 0 bridgehead atoms. The Labute approximate surface area is 110 Å². The zero-order valence-corrected chi connectivity index (χ0v) is 10.8. The molecule has 7 heteroatoms. The highest BCUT2D eigenvalue weighted by molar-refractivity contribution is 5.91. The molecule has 7 nitrogen and oxygen atoms in total. The second kappa shape index (κ2) is 4.86. The van der Waals surface area contributed by atoms with E-state index in [0.717, 1.165) is 0 Å². The standard InChI is InChI=1S/C12H12N6O/c1-8-6-9(7-13)15-12(14-8)18-5-4-10(16-18)11(19)17(2)3/h4-6H,1-3H3. The topological polar surface area (TPSA) is 87.7 Å². The molecule has 0 N–H and O–H groups in total. The summed E-state index contributed by atoms with van der Waals surface area (Å²) >= 11 is 0. The van der Waals surface area contributed by atoms with Gasteiger partial charge in [0.1, 0.15) is 11.8 Å². The van der Waals surface area contributed by atoms with Crippen LogP contribution >= 0.6 is 0 Å². The van der Waals surface area contributed by atoms with Crippen LogP contribution in [0.1, 0.15) is 21.9 Å². The van der Waals surface area contributed by atoms with Gasteiger partial charge < -0.3 is 4.90 Å². The number of rotatable bonds is 2. The number of aryl methyl sites for hydroxylation is 1. The van der Waals surface area contributed by atoms with E-state index < -0.39 is 0 Å². The second-order valence-corrected chi connectivity index (χ2v) is 4.15. The summed E-state index contributed by atoms with van der Waals surface area (Å²) in [6.45, 7) is 1.77. The molecule has 0 aliphatic rings. The Morgan fingerprint density at radius 2 is 2.16 bits per heavy atom. The number of hydrogen-bond acceptors (Lipinski definition) is 5. The first kappa shape index (κ1) is 12.7. The molecular formula is C12H12N6O. The molecule has 1 amide bonds. The van der Waals surface area contributed by atoms with E-state index >= 15 is 0 Å². The van der Waals surface area contributed by atoms with Crippen LogP contribution in [0.5, 0.6) is 0 Å². The van der Waals surface area contributed by atoms with Gasteiger partial charge >= 0.3 is 0 Å².